The third-order valence-electron chi connectivity index (χ3n) is 3.66. The number of methoxy groups -OCH3 is 1. The Labute approximate surface area is 105 Å². The van der Waals surface area contributed by atoms with Gasteiger partial charge < -0.3 is 9.72 Å². The zero-order valence-corrected chi connectivity index (χ0v) is 10.5. The van der Waals surface area contributed by atoms with E-state index in [0.717, 1.165) is 0 Å². The number of ether oxygens (including phenoxy) is 1. The number of benzene rings is 1. The molecule has 4 nitrogen and oxygen atoms in total. The maximum atomic E-state index is 11.6. The minimum absolute atomic E-state index is 0.192. The van der Waals surface area contributed by atoms with Gasteiger partial charge in [-0.15, -0.1) is 0 Å². The van der Waals surface area contributed by atoms with Gasteiger partial charge in [-0.1, -0.05) is 18.2 Å². The van der Waals surface area contributed by atoms with Gasteiger partial charge in [-0.2, -0.15) is 0 Å². The van der Waals surface area contributed by atoms with E-state index in [1.165, 1.54) is 34.8 Å². The number of aromatic nitrogens is 1. The van der Waals surface area contributed by atoms with Gasteiger partial charge in [0.05, 0.1) is 7.11 Å². The van der Waals surface area contributed by atoms with E-state index in [1.54, 1.807) is 0 Å². The molecule has 1 aromatic carbocycles. The van der Waals surface area contributed by atoms with Crippen LogP contribution in [0, 0.1) is 6.92 Å². The second-order valence-corrected chi connectivity index (χ2v) is 4.74. The summed E-state index contributed by atoms with van der Waals surface area (Å²) in [6, 6.07) is 6.02. The van der Waals surface area contributed by atoms with E-state index in [4.69, 9.17) is 4.74 Å². The van der Waals surface area contributed by atoms with Crippen molar-refractivity contribution in [2.45, 2.75) is 25.9 Å². The molecule has 1 aliphatic heterocycles. The highest BCUT2D eigenvalue weighted by molar-refractivity contribution is 5.88. The Morgan fingerprint density at radius 3 is 3.06 bits per heavy atom. The van der Waals surface area contributed by atoms with Crippen LogP contribution in [0.25, 0.3) is 10.9 Å². The number of H-pyrrole nitrogens is 1. The van der Waals surface area contributed by atoms with Crippen molar-refractivity contribution in [3.05, 3.63) is 35.0 Å². The third kappa shape index (κ3) is 1.61. The first-order chi connectivity index (χ1) is 8.70. The predicted molar refractivity (Wildman–Crippen MR) is 69.4 cm³/mol. The van der Waals surface area contributed by atoms with E-state index in [-0.39, 0.29) is 12.0 Å². The second kappa shape index (κ2) is 4.14. The quantitative estimate of drug-likeness (QED) is 0.750. The number of aryl methyl sites for hydroxylation is 1. The van der Waals surface area contributed by atoms with Gasteiger partial charge in [0.2, 0.25) is 0 Å². The number of carbonyl (C=O) groups excluding carboxylic acids is 1. The lowest BCUT2D eigenvalue weighted by Gasteiger charge is -2.21. The molecule has 94 valence electrons. The van der Waals surface area contributed by atoms with Crippen molar-refractivity contribution in [2.24, 2.45) is 0 Å². The van der Waals surface area contributed by atoms with E-state index in [2.05, 4.69) is 35.4 Å². The molecule has 0 bridgehead atoms. The minimum atomic E-state index is -0.234. The molecule has 0 radical (unpaired) electrons. The highest BCUT2D eigenvalue weighted by Crippen LogP contribution is 2.28. The molecule has 1 aromatic heterocycles. The van der Waals surface area contributed by atoms with Gasteiger partial charge in [-0.25, -0.2) is 0 Å². The first kappa shape index (κ1) is 11.3. The number of carbonyl (C=O) groups is 1. The van der Waals surface area contributed by atoms with Crippen LogP contribution in [0.1, 0.15) is 16.8 Å². The molecule has 0 unspecified atom stereocenters. The van der Waals surface area contributed by atoms with Crippen LogP contribution < -0.4 is 5.32 Å². The van der Waals surface area contributed by atoms with Gasteiger partial charge in [0, 0.05) is 29.6 Å². The number of para-hydroxylation sites is 1. The van der Waals surface area contributed by atoms with E-state index in [0.29, 0.717) is 13.0 Å². The first-order valence-electron chi connectivity index (χ1n) is 6.11. The highest BCUT2D eigenvalue weighted by atomic mass is 16.5. The van der Waals surface area contributed by atoms with Crippen molar-refractivity contribution in [3.8, 4) is 0 Å². The number of nitrogens with one attached hydrogen (secondary N) is 2. The molecule has 3 rings (SSSR count). The van der Waals surface area contributed by atoms with Gasteiger partial charge in [0.1, 0.15) is 6.04 Å². The molecule has 0 fully saturated rings. The van der Waals surface area contributed by atoms with Crippen LogP contribution in [0.5, 0.6) is 0 Å². The Morgan fingerprint density at radius 1 is 1.44 bits per heavy atom. The van der Waals surface area contributed by atoms with Crippen molar-refractivity contribution in [2.75, 3.05) is 7.11 Å². The second-order valence-electron chi connectivity index (χ2n) is 4.74. The highest BCUT2D eigenvalue weighted by Gasteiger charge is 2.27. The summed E-state index contributed by atoms with van der Waals surface area (Å²) in [7, 11) is 1.43. The predicted octanol–water partition coefficient (Wildman–Crippen LogP) is 1.66. The Kier molecular flexibility index (Phi) is 2.59. The van der Waals surface area contributed by atoms with Gasteiger partial charge in [-0.3, -0.25) is 10.1 Å². The fourth-order valence-corrected chi connectivity index (χ4v) is 2.67. The summed E-state index contributed by atoms with van der Waals surface area (Å²) in [5, 5.41) is 4.42. The number of aromatic amines is 1. The van der Waals surface area contributed by atoms with Crippen LogP contribution in [0.2, 0.25) is 0 Å². The Morgan fingerprint density at radius 2 is 2.28 bits per heavy atom. The fourth-order valence-electron chi connectivity index (χ4n) is 2.67. The van der Waals surface area contributed by atoms with Crippen molar-refractivity contribution < 1.29 is 9.53 Å². The molecule has 18 heavy (non-hydrogen) atoms. The molecular weight excluding hydrogens is 228 g/mol. The fraction of sp³-hybridized carbons (Fsp3) is 0.357. The molecule has 2 aromatic rings. The molecule has 1 aliphatic rings. The van der Waals surface area contributed by atoms with E-state index >= 15 is 0 Å². The molecule has 1 atom stereocenters. The number of fused-ring (bicyclic) bond motifs is 3. The molecule has 2 heterocycles. The lowest BCUT2D eigenvalue weighted by Crippen LogP contribution is -2.42. The standard InChI is InChI=1S/C14H16N2O2/c1-8-4-3-5-9-10-6-11(14(17)18-2)15-7-12(10)16-13(8)9/h3-5,11,15-16H,6-7H2,1-2H3/t11-/m0/s1. The number of esters is 1. The van der Waals surface area contributed by atoms with E-state index in [9.17, 15) is 4.79 Å². The normalized spacial score (nSPS) is 18.7. The van der Waals surface area contributed by atoms with Crippen molar-refractivity contribution in [3.63, 3.8) is 0 Å². The summed E-state index contributed by atoms with van der Waals surface area (Å²) in [5.41, 5.74) is 4.83. The number of rotatable bonds is 1. The maximum Gasteiger partial charge on any atom is 0.323 e. The number of hydrogen-bond donors (Lipinski definition) is 2. The van der Waals surface area contributed by atoms with Crippen LogP contribution in [0.4, 0.5) is 0 Å². The average Bonchev–Trinajstić information content (AvgIpc) is 2.77. The summed E-state index contributed by atoms with van der Waals surface area (Å²) in [4.78, 5) is 15.1. The zero-order chi connectivity index (χ0) is 12.7. The Hall–Kier alpha value is -1.81. The van der Waals surface area contributed by atoms with Crippen LogP contribution in [0.3, 0.4) is 0 Å². The Balaban J connectivity index is 2.07. The summed E-state index contributed by atoms with van der Waals surface area (Å²) >= 11 is 0. The molecule has 0 spiro atoms. The summed E-state index contributed by atoms with van der Waals surface area (Å²) in [6.07, 6.45) is 0.686. The molecule has 0 saturated carbocycles. The molecule has 0 aliphatic carbocycles. The topological polar surface area (TPSA) is 54.1 Å². The monoisotopic (exact) mass is 244 g/mol. The summed E-state index contributed by atoms with van der Waals surface area (Å²) in [6.45, 7) is 2.78. The molecule has 2 N–H and O–H groups in total. The average molecular weight is 244 g/mol. The SMILES string of the molecule is COC(=O)[C@@H]1Cc2c([nH]c3c(C)cccc23)CN1. The van der Waals surface area contributed by atoms with Crippen LogP contribution in [-0.2, 0) is 22.5 Å². The first-order valence-corrected chi connectivity index (χ1v) is 6.11. The largest absolute Gasteiger partial charge is 0.468 e. The number of hydrogen-bond acceptors (Lipinski definition) is 3. The minimum Gasteiger partial charge on any atom is -0.468 e. The molecular formula is C14H16N2O2. The van der Waals surface area contributed by atoms with Gasteiger partial charge in [-0.05, 0) is 18.1 Å². The molecule has 4 heteroatoms. The van der Waals surface area contributed by atoms with Crippen LogP contribution in [0.15, 0.2) is 18.2 Å². The van der Waals surface area contributed by atoms with Crippen LogP contribution in [-0.4, -0.2) is 24.1 Å². The van der Waals surface area contributed by atoms with E-state index < -0.39 is 0 Å². The third-order valence-corrected chi connectivity index (χ3v) is 3.66. The van der Waals surface area contributed by atoms with Crippen molar-refractivity contribution >= 4 is 16.9 Å². The smallest absolute Gasteiger partial charge is 0.323 e. The van der Waals surface area contributed by atoms with Gasteiger partial charge in [0.15, 0.2) is 0 Å². The van der Waals surface area contributed by atoms with Crippen LogP contribution >= 0.6 is 0 Å². The maximum absolute atomic E-state index is 11.6. The van der Waals surface area contributed by atoms with E-state index in [1.807, 2.05) is 0 Å². The van der Waals surface area contributed by atoms with Gasteiger partial charge >= 0.3 is 5.97 Å². The summed E-state index contributed by atoms with van der Waals surface area (Å²) < 4.78 is 4.81. The summed E-state index contributed by atoms with van der Waals surface area (Å²) in [5.74, 6) is -0.192. The lowest BCUT2D eigenvalue weighted by atomic mass is 9.98. The lowest BCUT2D eigenvalue weighted by molar-refractivity contribution is -0.143. The van der Waals surface area contributed by atoms with Gasteiger partial charge in [0.25, 0.3) is 0 Å². The van der Waals surface area contributed by atoms with Crippen molar-refractivity contribution in [1.29, 1.82) is 0 Å². The molecule has 0 saturated heterocycles. The zero-order valence-electron chi connectivity index (χ0n) is 10.5. The molecule has 0 amide bonds. The Bertz CT molecular complexity index is 616. The van der Waals surface area contributed by atoms with Crippen molar-refractivity contribution in [1.82, 2.24) is 10.3 Å².